The predicted octanol–water partition coefficient (Wildman–Crippen LogP) is 4.73. The molecule has 2 aliphatic rings. The van der Waals surface area contributed by atoms with Crippen LogP contribution in [0.2, 0.25) is 0 Å². The van der Waals surface area contributed by atoms with Crippen LogP contribution in [0.15, 0.2) is 18.2 Å². The van der Waals surface area contributed by atoms with Crippen LogP contribution in [0.25, 0.3) is 0 Å². The van der Waals surface area contributed by atoms with Crippen LogP contribution < -0.4 is 5.32 Å². The van der Waals surface area contributed by atoms with Gasteiger partial charge in [-0.15, -0.1) is 0 Å². The molecule has 1 atom stereocenters. The number of hydrogen-bond acceptors (Lipinski definition) is 1. The molecule has 1 fully saturated rings. The molecule has 0 radical (unpaired) electrons. The minimum atomic E-state index is 0.643. The summed E-state index contributed by atoms with van der Waals surface area (Å²) < 4.78 is 0. The average molecular weight is 243 g/mol. The maximum absolute atomic E-state index is 3.77. The van der Waals surface area contributed by atoms with E-state index in [-0.39, 0.29) is 0 Å². The van der Waals surface area contributed by atoms with Crippen molar-refractivity contribution in [2.24, 2.45) is 5.92 Å². The Morgan fingerprint density at radius 3 is 2.61 bits per heavy atom. The van der Waals surface area contributed by atoms with Crippen LogP contribution >= 0.6 is 0 Å². The third-order valence-corrected chi connectivity index (χ3v) is 4.80. The fourth-order valence-electron chi connectivity index (χ4n) is 3.59. The molecular weight excluding hydrogens is 218 g/mol. The number of anilines is 1. The molecule has 1 heterocycles. The zero-order valence-corrected chi connectivity index (χ0v) is 11.7. The number of benzene rings is 1. The first-order valence-corrected chi connectivity index (χ1v) is 7.63. The van der Waals surface area contributed by atoms with Gasteiger partial charge in [0.1, 0.15) is 0 Å². The van der Waals surface area contributed by atoms with Gasteiger partial charge >= 0.3 is 0 Å². The van der Waals surface area contributed by atoms with Crippen molar-refractivity contribution in [3.05, 3.63) is 29.3 Å². The van der Waals surface area contributed by atoms with Gasteiger partial charge in [0.05, 0.1) is 0 Å². The van der Waals surface area contributed by atoms with Crippen molar-refractivity contribution in [2.45, 2.75) is 64.3 Å². The first-order chi connectivity index (χ1) is 8.74. The third kappa shape index (κ3) is 2.28. The van der Waals surface area contributed by atoms with Gasteiger partial charge in [-0.05, 0) is 48.3 Å². The van der Waals surface area contributed by atoms with E-state index in [0.29, 0.717) is 12.0 Å². The van der Waals surface area contributed by atoms with Gasteiger partial charge in [0.15, 0.2) is 0 Å². The van der Waals surface area contributed by atoms with E-state index >= 15 is 0 Å². The SMILES string of the molecule is CC(C)c1ccc2c(c1)CC(C1CCCCC1)N2. The summed E-state index contributed by atoms with van der Waals surface area (Å²) in [5.41, 5.74) is 4.44. The molecule has 1 heteroatoms. The predicted molar refractivity (Wildman–Crippen MR) is 78.2 cm³/mol. The van der Waals surface area contributed by atoms with E-state index in [2.05, 4.69) is 37.4 Å². The van der Waals surface area contributed by atoms with Gasteiger partial charge in [0.2, 0.25) is 0 Å². The molecule has 1 aliphatic heterocycles. The molecule has 0 spiro atoms. The Morgan fingerprint density at radius 2 is 1.89 bits per heavy atom. The molecule has 18 heavy (non-hydrogen) atoms. The zero-order chi connectivity index (χ0) is 12.5. The molecule has 0 bridgehead atoms. The number of rotatable bonds is 2. The van der Waals surface area contributed by atoms with Gasteiger partial charge in [-0.1, -0.05) is 45.2 Å². The molecule has 0 aromatic heterocycles. The Morgan fingerprint density at radius 1 is 1.11 bits per heavy atom. The highest BCUT2D eigenvalue weighted by Gasteiger charge is 2.29. The Balaban J connectivity index is 1.74. The van der Waals surface area contributed by atoms with Crippen LogP contribution in [-0.4, -0.2) is 6.04 Å². The summed E-state index contributed by atoms with van der Waals surface area (Å²) in [6.45, 7) is 4.56. The Labute approximate surface area is 111 Å². The minimum Gasteiger partial charge on any atom is -0.381 e. The molecular formula is C17H25N. The summed E-state index contributed by atoms with van der Waals surface area (Å²) in [4.78, 5) is 0. The fraction of sp³-hybridized carbons (Fsp3) is 0.647. The second-order valence-corrected chi connectivity index (χ2v) is 6.42. The van der Waals surface area contributed by atoms with Crippen molar-refractivity contribution in [1.29, 1.82) is 0 Å². The van der Waals surface area contributed by atoms with Gasteiger partial charge in [-0.2, -0.15) is 0 Å². The zero-order valence-electron chi connectivity index (χ0n) is 11.7. The van der Waals surface area contributed by atoms with E-state index in [1.54, 1.807) is 5.56 Å². The Bertz CT molecular complexity index is 416. The first kappa shape index (κ1) is 12.1. The second kappa shape index (κ2) is 4.95. The standard InChI is InChI=1S/C17H25N/c1-12(2)14-8-9-16-15(10-14)11-17(18-16)13-6-4-3-5-7-13/h8-10,12-13,17-18H,3-7,11H2,1-2H3. The third-order valence-electron chi connectivity index (χ3n) is 4.80. The van der Waals surface area contributed by atoms with Crippen molar-refractivity contribution >= 4 is 5.69 Å². The maximum Gasteiger partial charge on any atom is 0.0376 e. The lowest BCUT2D eigenvalue weighted by atomic mass is 9.83. The van der Waals surface area contributed by atoms with E-state index in [9.17, 15) is 0 Å². The van der Waals surface area contributed by atoms with E-state index in [1.807, 2.05) is 0 Å². The van der Waals surface area contributed by atoms with E-state index in [0.717, 1.165) is 5.92 Å². The number of hydrogen-bond donors (Lipinski definition) is 1. The van der Waals surface area contributed by atoms with Crippen LogP contribution in [-0.2, 0) is 6.42 Å². The molecule has 1 nitrogen and oxygen atoms in total. The van der Waals surface area contributed by atoms with Gasteiger partial charge < -0.3 is 5.32 Å². The van der Waals surface area contributed by atoms with Crippen LogP contribution in [0.3, 0.4) is 0 Å². The fourth-order valence-corrected chi connectivity index (χ4v) is 3.59. The summed E-state index contributed by atoms with van der Waals surface area (Å²) in [5.74, 6) is 1.55. The molecule has 1 N–H and O–H groups in total. The van der Waals surface area contributed by atoms with Crippen molar-refractivity contribution < 1.29 is 0 Å². The van der Waals surface area contributed by atoms with Crippen molar-refractivity contribution in [3.8, 4) is 0 Å². The van der Waals surface area contributed by atoms with E-state index < -0.39 is 0 Å². The lowest BCUT2D eigenvalue weighted by molar-refractivity contribution is 0.321. The van der Waals surface area contributed by atoms with Crippen molar-refractivity contribution in [3.63, 3.8) is 0 Å². The molecule has 0 saturated heterocycles. The smallest absolute Gasteiger partial charge is 0.0376 e. The minimum absolute atomic E-state index is 0.643. The normalized spacial score (nSPS) is 24.1. The van der Waals surface area contributed by atoms with Gasteiger partial charge in [0.25, 0.3) is 0 Å². The first-order valence-electron chi connectivity index (χ1n) is 7.63. The van der Waals surface area contributed by atoms with Crippen molar-refractivity contribution in [1.82, 2.24) is 0 Å². The molecule has 1 saturated carbocycles. The van der Waals surface area contributed by atoms with Gasteiger partial charge in [-0.25, -0.2) is 0 Å². The summed E-state index contributed by atoms with van der Waals surface area (Å²) >= 11 is 0. The Hall–Kier alpha value is -0.980. The lowest BCUT2D eigenvalue weighted by Gasteiger charge is -2.27. The largest absolute Gasteiger partial charge is 0.381 e. The van der Waals surface area contributed by atoms with Crippen LogP contribution in [0, 0.1) is 5.92 Å². The monoisotopic (exact) mass is 243 g/mol. The highest BCUT2D eigenvalue weighted by Crippen LogP contribution is 2.36. The summed E-state index contributed by atoms with van der Waals surface area (Å²) in [5, 5.41) is 3.77. The summed E-state index contributed by atoms with van der Waals surface area (Å²) in [6.07, 6.45) is 8.45. The van der Waals surface area contributed by atoms with Gasteiger partial charge in [-0.3, -0.25) is 0 Å². The highest BCUT2D eigenvalue weighted by molar-refractivity contribution is 5.58. The van der Waals surface area contributed by atoms with Crippen LogP contribution in [0.4, 0.5) is 5.69 Å². The van der Waals surface area contributed by atoms with Crippen LogP contribution in [0.1, 0.15) is 63.0 Å². The second-order valence-electron chi connectivity index (χ2n) is 6.42. The lowest BCUT2D eigenvalue weighted by Crippen LogP contribution is -2.28. The van der Waals surface area contributed by atoms with Crippen LogP contribution in [0.5, 0.6) is 0 Å². The molecule has 1 unspecified atom stereocenters. The quantitative estimate of drug-likeness (QED) is 0.792. The molecule has 1 aromatic rings. The molecule has 98 valence electrons. The summed E-state index contributed by atoms with van der Waals surface area (Å²) in [7, 11) is 0. The molecule has 3 rings (SSSR count). The highest BCUT2D eigenvalue weighted by atomic mass is 15.0. The topological polar surface area (TPSA) is 12.0 Å². The molecule has 1 aromatic carbocycles. The number of nitrogens with one attached hydrogen (secondary N) is 1. The molecule has 0 amide bonds. The van der Waals surface area contributed by atoms with E-state index in [4.69, 9.17) is 0 Å². The number of fused-ring (bicyclic) bond motifs is 1. The molecule has 1 aliphatic carbocycles. The maximum atomic E-state index is 3.77. The Kier molecular flexibility index (Phi) is 3.32. The van der Waals surface area contributed by atoms with E-state index in [1.165, 1.54) is 49.8 Å². The van der Waals surface area contributed by atoms with Crippen molar-refractivity contribution in [2.75, 3.05) is 5.32 Å². The summed E-state index contributed by atoms with van der Waals surface area (Å²) in [6, 6.07) is 7.73. The van der Waals surface area contributed by atoms with Gasteiger partial charge in [0, 0.05) is 11.7 Å². The average Bonchev–Trinajstić information content (AvgIpc) is 2.82.